The third kappa shape index (κ3) is 2.70. The van der Waals surface area contributed by atoms with Crippen molar-refractivity contribution in [3.63, 3.8) is 0 Å². The van der Waals surface area contributed by atoms with Gasteiger partial charge in [-0.25, -0.2) is 9.97 Å². The van der Waals surface area contributed by atoms with Crippen molar-refractivity contribution in [3.8, 4) is 0 Å². The van der Waals surface area contributed by atoms with E-state index in [1.54, 1.807) is 6.20 Å². The number of aryl methyl sites for hydroxylation is 1. The van der Waals surface area contributed by atoms with Crippen LogP contribution in [0, 0.1) is 6.92 Å². The molecule has 3 aromatic heterocycles. The molecule has 0 saturated carbocycles. The zero-order chi connectivity index (χ0) is 18.4. The number of pyridine rings is 1. The van der Waals surface area contributed by atoms with Gasteiger partial charge in [0.15, 0.2) is 0 Å². The minimum atomic E-state index is -0.0699. The van der Waals surface area contributed by atoms with Gasteiger partial charge in [-0.05, 0) is 24.1 Å². The van der Waals surface area contributed by atoms with E-state index in [2.05, 4.69) is 26.7 Å². The fourth-order valence-electron chi connectivity index (χ4n) is 3.73. The zero-order valence-electron chi connectivity index (χ0n) is 15.0. The Morgan fingerprint density at radius 2 is 1.96 bits per heavy atom. The second kappa shape index (κ2) is 6.09. The summed E-state index contributed by atoms with van der Waals surface area (Å²) in [5, 5.41) is 0. The maximum Gasteiger partial charge on any atom is 0.275 e. The molecule has 0 N–H and O–H groups in total. The van der Waals surface area contributed by atoms with Crippen LogP contribution in [0.1, 0.15) is 33.5 Å². The molecule has 1 aliphatic rings. The number of fused-ring (bicyclic) bond motifs is 2. The second-order valence-corrected chi connectivity index (χ2v) is 6.95. The molecule has 0 fully saturated rings. The van der Waals surface area contributed by atoms with E-state index < -0.39 is 0 Å². The summed E-state index contributed by atoms with van der Waals surface area (Å²) in [5.41, 5.74) is 3.48. The molecular weight excluding hydrogens is 338 g/mol. The van der Waals surface area contributed by atoms with Crippen LogP contribution in [0.15, 0.2) is 67.3 Å². The maximum atomic E-state index is 13.4. The van der Waals surface area contributed by atoms with Crippen molar-refractivity contribution in [2.45, 2.75) is 26.1 Å². The van der Waals surface area contributed by atoms with E-state index in [9.17, 15) is 4.79 Å². The van der Waals surface area contributed by atoms with Crippen molar-refractivity contribution >= 4 is 11.6 Å². The molecule has 1 aromatic carbocycles. The Morgan fingerprint density at radius 1 is 1.11 bits per heavy atom. The molecular formula is C21H19N5O. The lowest BCUT2D eigenvalue weighted by molar-refractivity contribution is 0.0579. The molecule has 0 saturated heterocycles. The fourth-order valence-corrected chi connectivity index (χ4v) is 3.73. The van der Waals surface area contributed by atoms with Crippen molar-refractivity contribution in [2.24, 2.45) is 0 Å². The smallest absolute Gasteiger partial charge is 0.275 e. The second-order valence-electron chi connectivity index (χ2n) is 6.95. The molecule has 5 rings (SSSR count). The molecule has 1 aliphatic heterocycles. The van der Waals surface area contributed by atoms with Crippen LogP contribution in [0.3, 0.4) is 0 Å². The van der Waals surface area contributed by atoms with Crippen molar-refractivity contribution in [1.82, 2.24) is 23.8 Å². The average molecular weight is 357 g/mol. The van der Waals surface area contributed by atoms with Crippen LogP contribution < -0.4 is 0 Å². The Labute approximate surface area is 156 Å². The van der Waals surface area contributed by atoms with Gasteiger partial charge in [0, 0.05) is 31.3 Å². The number of benzene rings is 1. The number of amides is 1. The number of hydrogen-bond acceptors (Lipinski definition) is 3. The van der Waals surface area contributed by atoms with Gasteiger partial charge >= 0.3 is 0 Å². The fraction of sp³-hybridized carbons (Fsp3) is 0.190. The van der Waals surface area contributed by atoms with Crippen LogP contribution in [0.25, 0.3) is 5.65 Å². The van der Waals surface area contributed by atoms with Gasteiger partial charge in [-0.3, -0.25) is 4.79 Å². The minimum Gasteiger partial charge on any atom is -0.331 e. The van der Waals surface area contributed by atoms with Gasteiger partial charge in [-0.1, -0.05) is 36.4 Å². The Morgan fingerprint density at radius 3 is 2.81 bits per heavy atom. The van der Waals surface area contributed by atoms with Gasteiger partial charge in [-0.2, -0.15) is 0 Å². The molecule has 6 nitrogen and oxygen atoms in total. The molecule has 0 aliphatic carbocycles. The molecule has 0 bridgehead atoms. The average Bonchev–Trinajstić information content (AvgIpc) is 3.32. The lowest BCUT2D eigenvalue weighted by atomic mass is 10.0. The van der Waals surface area contributed by atoms with Crippen molar-refractivity contribution in [3.05, 3.63) is 89.9 Å². The summed E-state index contributed by atoms with van der Waals surface area (Å²) >= 11 is 0. The molecule has 0 spiro atoms. The van der Waals surface area contributed by atoms with Crippen molar-refractivity contribution < 1.29 is 4.79 Å². The first-order valence-corrected chi connectivity index (χ1v) is 9.00. The third-order valence-corrected chi connectivity index (χ3v) is 5.12. The lowest BCUT2D eigenvalue weighted by Gasteiger charge is -2.36. The summed E-state index contributed by atoms with van der Waals surface area (Å²) in [6.07, 6.45) is 7.56. The molecule has 1 amide bonds. The van der Waals surface area contributed by atoms with E-state index in [1.165, 1.54) is 0 Å². The summed E-state index contributed by atoms with van der Waals surface area (Å²) in [5.74, 6) is 0.828. The predicted octanol–water partition coefficient (Wildman–Crippen LogP) is 3.24. The summed E-state index contributed by atoms with van der Waals surface area (Å²) in [4.78, 5) is 24.2. The van der Waals surface area contributed by atoms with Crippen molar-refractivity contribution in [1.29, 1.82) is 0 Å². The van der Waals surface area contributed by atoms with Crippen LogP contribution in [-0.2, 0) is 13.1 Å². The predicted molar refractivity (Wildman–Crippen MR) is 101 cm³/mol. The van der Waals surface area contributed by atoms with E-state index in [1.807, 2.05) is 65.1 Å². The number of carbonyl (C=O) groups is 1. The first kappa shape index (κ1) is 15.8. The largest absolute Gasteiger partial charge is 0.331 e. The molecule has 4 heterocycles. The number of imidazole rings is 2. The summed E-state index contributed by atoms with van der Waals surface area (Å²) < 4.78 is 4.03. The quantitative estimate of drug-likeness (QED) is 0.553. The van der Waals surface area contributed by atoms with Gasteiger partial charge in [0.1, 0.15) is 17.2 Å². The van der Waals surface area contributed by atoms with E-state index >= 15 is 0 Å². The standard InChI is InChI=1S/C21H19N5O/c1-15-7-8-19-23-17(12-25(19)11-15)21(27)26-14-20-22-9-10-24(20)13-18(26)16-5-3-2-4-6-16/h2-12,18H,13-14H2,1H3/t18-/m0/s1. The zero-order valence-corrected chi connectivity index (χ0v) is 15.0. The maximum absolute atomic E-state index is 13.4. The number of rotatable bonds is 2. The van der Waals surface area contributed by atoms with Crippen LogP contribution in [0.4, 0.5) is 0 Å². The normalized spacial score (nSPS) is 16.5. The van der Waals surface area contributed by atoms with Gasteiger partial charge < -0.3 is 13.9 Å². The number of carbonyl (C=O) groups excluding carboxylic acids is 1. The monoisotopic (exact) mass is 357 g/mol. The number of aromatic nitrogens is 4. The third-order valence-electron chi connectivity index (χ3n) is 5.12. The molecule has 1 atom stereocenters. The van der Waals surface area contributed by atoms with Gasteiger partial charge in [0.25, 0.3) is 5.91 Å². The highest BCUT2D eigenvalue weighted by molar-refractivity contribution is 5.93. The summed E-state index contributed by atoms with van der Waals surface area (Å²) in [6, 6.07) is 14.0. The van der Waals surface area contributed by atoms with Gasteiger partial charge in [-0.15, -0.1) is 0 Å². The first-order valence-electron chi connectivity index (χ1n) is 9.00. The van der Waals surface area contributed by atoms with Crippen LogP contribution >= 0.6 is 0 Å². The number of hydrogen-bond donors (Lipinski definition) is 0. The Bertz CT molecular complexity index is 1130. The van der Waals surface area contributed by atoms with Crippen LogP contribution in [-0.4, -0.2) is 29.7 Å². The van der Waals surface area contributed by atoms with Crippen LogP contribution in [0.5, 0.6) is 0 Å². The Balaban J connectivity index is 1.56. The van der Waals surface area contributed by atoms with E-state index in [4.69, 9.17) is 0 Å². The first-order chi connectivity index (χ1) is 13.2. The molecule has 6 heteroatoms. The van der Waals surface area contributed by atoms with Crippen molar-refractivity contribution in [2.75, 3.05) is 0 Å². The SMILES string of the molecule is Cc1ccc2nc(C(=O)N3Cc4nccn4C[C@H]3c3ccccc3)cn2c1. The Kier molecular flexibility index (Phi) is 3.57. The van der Waals surface area contributed by atoms with Gasteiger partial charge in [0.2, 0.25) is 0 Å². The highest BCUT2D eigenvalue weighted by atomic mass is 16.2. The van der Waals surface area contributed by atoms with Crippen LogP contribution in [0.2, 0.25) is 0 Å². The highest BCUT2D eigenvalue weighted by Crippen LogP contribution is 2.30. The molecule has 4 aromatic rings. The van der Waals surface area contributed by atoms with E-state index in [0.717, 1.165) is 22.6 Å². The topological polar surface area (TPSA) is 55.4 Å². The van der Waals surface area contributed by atoms with E-state index in [0.29, 0.717) is 18.8 Å². The molecule has 0 unspecified atom stereocenters. The number of nitrogens with zero attached hydrogens (tertiary/aromatic N) is 5. The molecule has 0 radical (unpaired) electrons. The molecule has 27 heavy (non-hydrogen) atoms. The van der Waals surface area contributed by atoms with Gasteiger partial charge in [0.05, 0.1) is 12.6 Å². The summed E-state index contributed by atoms with van der Waals surface area (Å²) in [7, 11) is 0. The Hall–Kier alpha value is -3.41. The lowest BCUT2D eigenvalue weighted by Crippen LogP contribution is -2.41. The summed E-state index contributed by atoms with van der Waals surface area (Å²) in [6.45, 7) is 3.19. The highest BCUT2D eigenvalue weighted by Gasteiger charge is 2.33. The van der Waals surface area contributed by atoms with E-state index in [-0.39, 0.29) is 11.9 Å². The minimum absolute atomic E-state index is 0.0491. The molecule has 134 valence electrons.